The van der Waals surface area contributed by atoms with Gasteiger partial charge in [-0.2, -0.15) is 0 Å². The van der Waals surface area contributed by atoms with Crippen LogP contribution < -0.4 is 14.4 Å². The number of carbonyl (C=O) groups excluding carboxylic acids is 1. The summed E-state index contributed by atoms with van der Waals surface area (Å²) >= 11 is 6.23. The Balaban J connectivity index is 1.46. The molecule has 2 aliphatic heterocycles. The quantitative estimate of drug-likeness (QED) is 0.591. The van der Waals surface area contributed by atoms with Gasteiger partial charge in [0, 0.05) is 24.3 Å². The van der Waals surface area contributed by atoms with Crippen LogP contribution in [-0.4, -0.2) is 45.3 Å². The number of hydrogen-bond donors (Lipinski definition) is 0. The predicted octanol–water partition coefficient (Wildman–Crippen LogP) is 3.84. The van der Waals surface area contributed by atoms with Crippen LogP contribution in [-0.2, 0) is 4.74 Å². The fraction of sp³-hybridized carbons (Fsp3) is 0.286. The maximum Gasteiger partial charge on any atom is 0.185 e. The van der Waals surface area contributed by atoms with Gasteiger partial charge in [0.15, 0.2) is 17.3 Å². The van der Waals surface area contributed by atoms with Crippen LogP contribution in [0.5, 0.6) is 11.5 Å². The van der Waals surface area contributed by atoms with Crippen molar-refractivity contribution in [1.29, 1.82) is 0 Å². The zero-order valence-corrected chi connectivity index (χ0v) is 15.6. The zero-order chi connectivity index (χ0) is 18.6. The van der Waals surface area contributed by atoms with Crippen LogP contribution in [0.25, 0.3) is 6.08 Å². The molecule has 140 valence electrons. The molecule has 2 aromatic carbocycles. The van der Waals surface area contributed by atoms with Gasteiger partial charge < -0.3 is 19.1 Å². The first-order valence-electron chi connectivity index (χ1n) is 8.95. The van der Waals surface area contributed by atoms with E-state index in [-0.39, 0.29) is 5.78 Å². The maximum absolute atomic E-state index is 12.5. The molecule has 0 aromatic heterocycles. The fourth-order valence-electron chi connectivity index (χ4n) is 3.15. The molecule has 0 bridgehead atoms. The van der Waals surface area contributed by atoms with Gasteiger partial charge in [-0.25, -0.2) is 0 Å². The Labute approximate surface area is 163 Å². The minimum atomic E-state index is -0.0606. The van der Waals surface area contributed by atoms with Crippen molar-refractivity contribution < 1.29 is 19.0 Å². The van der Waals surface area contributed by atoms with Crippen molar-refractivity contribution in [2.75, 3.05) is 44.4 Å². The number of ketones is 1. The van der Waals surface area contributed by atoms with Crippen LogP contribution >= 0.6 is 11.6 Å². The molecule has 0 saturated carbocycles. The van der Waals surface area contributed by atoms with E-state index >= 15 is 0 Å². The molecule has 0 spiro atoms. The van der Waals surface area contributed by atoms with Gasteiger partial charge in [-0.1, -0.05) is 17.7 Å². The summed E-state index contributed by atoms with van der Waals surface area (Å²) in [6.45, 7) is 4.20. The molecule has 2 heterocycles. The summed E-state index contributed by atoms with van der Waals surface area (Å²) in [7, 11) is 0. The van der Waals surface area contributed by atoms with Crippen molar-refractivity contribution in [3.8, 4) is 11.5 Å². The number of hydrogen-bond acceptors (Lipinski definition) is 5. The van der Waals surface area contributed by atoms with Crippen molar-refractivity contribution in [1.82, 2.24) is 0 Å². The van der Waals surface area contributed by atoms with Gasteiger partial charge in [0.2, 0.25) is 0 Å². The van der Waals surface area contributed by atoms with Crippen LogP contribution in [0.2, 0.25) is 5.02 Å². The third-order valence-corrected chi connectivity index (χ3v) is 4.86. The Hall–Kier alpha value is -2.50. The highest BCUT2D eigenvalue weighted by Crippen LogP contribution is 2.38. The molecule has 0 N–H and O–H groups in total. The summed E-state index contributed by atoms with van der Waals surface area (Å²) in [5.41, 5.74) is 2.55. The Morgan fingerprint density at radius 2 is 1.74 bits per heavy atom. The molecule has 0 radical (unpaired) electrons. The summed E-state index contributed by atoms with van der Waals surface area (Å²) < 4.78 is 16.4. The fourth-order valence-corrected chi connectivity index (χ4v) is 3.43. The topological polar surface area (TPSA) is 48.0 Å². The number of nitrogens with zero attached hydrogens (tertiary/aromatic N) is 1. The maximum atomic E-state index is 12.5. The molecule has 0 amide bonds. The summed E-state index contributed by atoms with van der Waals surface area (Å²) in [5.74, 6) is 1.11. The van der Waals surface area contributed by atoms with Gasteiger partial charge >= 0.3 is 0 Å². The van der Waals surface area contributed by atoms with Gasteiger partial charge in [0.1, 0.15) is 13.2 Å². The van der Waals surface area contributed by atoms with Gasteiger partial charge in [0.25, 0.3) is 0 Å². The third-order valence-electron chi connectivity index (χ3n) is 4.57. The van der Waals surface area contributed by atoms with Gasteiger partial charge in [0.05, 0.1) is 18.2 Å². The standard InChI is InChI=1S/C21H20ClNO4/c22-18-13-15(14-20-21(18)27-12-11-26-20)1-6-19(24)16-2-4-17(5-3-16)23-7-9-25-10-8-23/h1-6,13-14H,7-12H2/b6-1+. The van der Waals surface area contributed by atoms with E-state index < -0.39 is 0 Å². The van der Waals surface area contributed by atoms with Crippen molar-refractivity contribution in [2.24, 2.45) is 0 Å². The molecule has 5 nitrogen and oxygen atoms in total. The minimum absolute atomic E-state index is 0.0606. The van der Waals surface area contributed by atoms with E-state index in [2.05, 4.69) is 4.90 Å². The monoisotopic (exact) mass is 385 g/mol. The summed E-state index contributed by atoms with van der Waals surface area (Å²) in [5, 5.41) is 0.481. The van der Waals surface area contributed by atoms with Gasteiger partial charge in [-0.3, -0.25) is 4.79 Å². The highest BCUT2D eigenvalue weighted by atomic mass is 35.5. The van der Waals surface area contributed by atoms with E-state index in [1.165, 1.54) is 0 Å². The second-order valence-corrected chi connectivity index (χ2v) is 6.78. The van der Waals surface area contributed by atoms with Gasteiger partial charge in [-0.05, 0) is 48.0 Å². The van der Waals surface area contributed by atoms with Crippen LogP contribution in [0.1, 0.15) is 15.9 Å². The molecule has 4 rings (SSSR count). The molecular formula is C21H20ClNO4. The second-order valence-electron chi connectivity index (χ2n) is 6.37. The first kappa shape index (κ1) is 17.9. The largest absolute Gasteiger partial charge is 0.486 e. The Kier molecular flexibility index (Phi) is 5.32. The van der Waals surface area contributed by atoms with Crippen LogP contribution in [0, 0.1) is 0 Å². The third kappa shape index (κ3) is 4.10. The lowest BCUT2D eigenvalue weighted by molar-refractivity contribution is 0.104. The van der Waals surface area contributed by atoms with Crippen molar-refractivity contribution in [2.45, 2.75) is 0 Å². The molecule has 1 fully saturated rings. The smallest absolute Gasteiger partial charge is 0.185 e. The first-order chi connectivity index (χ1) is 13.2. The summed E-state index contributed by atoms with van der Waals surface area (Å²) in [4.78, 5) is 14.7. The lowest BCUT2D eigenvalue weighted by Crippen LogP contribution is -2.36. The normalized spacial score (nSPS) is 16.6. The summed E-state index contributed by atoms with van der Waals surface area (Å²) in [6, 6.07) is 11.3. The zero-order valence-electron chi connectivity index (χ0n) is 14.8. The van der Waals surface area contributed by atoms with Crippen molar-refractivity contribution >= 4 is 29.1 Å². The first-order valence-corrected chi connectivity index (χ1v) is 9.33. The average Bonchev–Trinajstić information content (AvgIpc) is 2.73. The molecule has 27 heavy (non-hydrogen) atoms. The van der Waals surface area contributed by atoms with E-state index in [4.69, 9.17) is 25.8 Å². The van der Waals surface area contributed by atoms with E-state index in [1.54, 1.807) is 18.2 Å². The van der Waals surface area contributed by atoms with E-state index in [1.807, 2.05) is 30.3 Å². The molecule has 1 saturated heterocycles. The highest BCUT2D eigenvalue weighted by molar-refractivity contribution is 6.32. The number of allylic oxidation sites excluding steroid dienone is 1. The number of morpholine rings is 1. The number of halogens is 1. The average molecular weight is 386 g/mol. The number of fused-ring (bicyclic) bond motifs is 1. The van der Waals surface area contributed by atoms with E-state index in [0.717, 1.165) is 37.6 Å². The van der Waals surface area contributed by atoms with E-state index in [9.17, 15) is 4.79 Å². The van der Waals surface area contributed by atoms with Gasteiger partial charge in [-0.15, -0.1) is 0 Å². The minimum Gasteiger partial charge on any atom is -0.486 e. The number of ether oxygens (including phenoxy) is 3. The molecule has 2 aliphatic rings. The number of anilines is 1. The molecule has 0 atom stereocenters. The molecule has 6 heteroatoms. The molecular weight excluding hydrogens is 366 g/mol. The second kappa shape index (κ2) is 8.03. The molecule has 0 aliphatic carbocycles. The van der Waals surface area contributed by atoms with Crippen LogP contribution in [0.3, 0.4) is 0 Å². The lowest BCUT2D eigenvalue weighted by Gasteiger charge is -2.28. The van der Waals surface area contributed by atoms with E-state index in [0.29, 0.717) is 35.3 Å². The number of rotatable bonds is 4. The highest BCUT2D eigenvalue weighted by Gasteiger charge is 2.16. The summed E-state index contributed by atoms with van der Waals surface area (Å²) in [6.07, 6.45) is 3.29. The molecule has 0 unspecified atom stereocenters. The van der Waals surface area contributed by atoms with Crippen molar-refractivity contribution in [3.05, 3.63) is 58.6 Å². The number of benzene rings is 2. The Morgan fingerprint density at radius 1 is 1.00 bits per heavy atom. The molecule has 2 aromatic rings. The van der Waals surface area contributed by atoms with Crippen molar-refractivity contribution in [3.63, 3.8) is 0 Å². The lowest BCUT2D eigenvalue weighted by atomic mass is 10.1. The van der Waals surface area contributed by atoms with Crippen LogP contribution in [0.15, 0.2) is 42.5 Å². The SMILES string of the molecule is O=C(/C=C/c1cc(Cl)c2c(c1)OCCO2)c1ccc(N2CCOCC2)cc1. The van der Waals surface area contributed by atoms with Crippen LogP contribution in [0.4, 0.5) is 5.69 Å². The Morgan fingerprint density at radius 3 is 2.52 bits per heavy atom. The predicted molar refractivity (Wildman–Crippen MR) is 105 cm³/mol. The Bertz CT molecular complexity index is 857. The number of carbonyl (C=O) groups is 1.